The molecule has 0 saturated heterocycles. The van der Waals surface area contributed by atoms with E-state index in [-0.39, 0.29) is 25.3 Å². The minimum absolute atomic E-state index is 0.160. The number of ether oxygens (including phenoxy) is 2. The number of rotatable bonds is 27. The summed E-state index contributed by atoms with van der Waals surface area (Å²) >= 11 is 0. The molecule has 0 bridgehead atoms. The molecule has 1 heterocycles. The molecule has 0 amide bonds. The zero-order valence-corrected chi connectivity index (χ0v) is 27.5. The number of hydrogen-bond donors (Lipinski definition) is 1. The average Bonchev–Trinajstić information content (AvgIpc) is 2.99. The number of nitrogens with zero attached hydrogens (tertiary/aromatic N) is 2. The summed E-state index contributed by atoms with van der Waals surface area (Å²) in [6, 6.07) is 10.4. The molecule has 0 aliphatic carbocycles. The Kier molecular flexibility index (Phi) is 20.0. The van der Waals surface area contributed by atoms with Gasteiger partial charge in [0.2, 0.25) is 0 Å². The number of hydrogen-bond acceptors (Lipinski definition) is 8. The predicted molar refractivity (Wildman–Crippen MR) is 175 cm³/mol. The Balaban J connectivity index is 1.56. The molecule has 0 radical (unpaired) electrons. The van der Waals surface area contributed by atoms with E-state index in [4.69, 9.17) is 24.3 Å². The van der Waals surface area contributed by atoms with Crippen molar-refractivity contribution in [1.29, 1.82) is 0 Å². The van der Waals surface area contributed by atoms with E-state index in [0.717, 1.165) is 13.0 Å². The van der Waals surface area contributed by atoms with E-state index in [0.29, 0.717) is 18.8 Å². The molecule has 2 rings (SSSR count). The van der Waals surface area contributed by atoms with E-state index >= 15 is 0 Å². The van der Waals surface area contributed by atoms with Crippen LogP contribution in [0.15, 0.2) is 47.4 Å². The molecule has 0 aliphatic rings. The summed E-state index contributed by atoms with van der Waals surface area (Å²) in [5.41, 5.74) is 5.09. The predicted octanol–water partition coefficient (Wildman–Crippen LogP) is 8.36. The highest BCUT2D eigenvalue weighted by atomic mass is 31.2. The number of unbranched alkanes of at least 4 members (excludes halogenated alkanes) is 13. The quantitative estimate of drug-likeness (QED) is 0.0782. The third-order valence-electron chi connectivity index (χ3n) is 7.22. The molecule has 43 heavy (non-hydrogen) atoms. The van der Waals surface area contributed by atoms with E-state index in [1.807, 2.05) is 6.07 Å². The van der Waals surface area contributed by atoms with Crippen molar-refractivity contribution in [3.8, 4) is 5.75 Å². The van der Waals surface area contributed by atoms with Crippen LogP contribution in [-0.2, 0) is 25.1 Å². The maximum Gasteiger partial charge on any atom is 0.404 e. The number of para-hydroxylation sites is 1. The maximum atomic E-state index is 13.5. The lowest BCUT2D eigenvalue weighted by Crippen LogP contribution is -2.29. The Bertz CT molecular complexity index is 1070. The van der Waals surface area contributed by atoms with Crippen LogP contribution >= 0.6 is 7.60 Å². The monoisotopic (exact) mass is 621 g/mol. The smallest absolute Gasteiger partial charge is 0.404 e. The van der Waals surface area contributed by atoms with Crippen molar-refractivity contribution in [3.05, 3.63) is 53.1 Å². The number of benzene rings is 1. The van der Waals surface area contributed by atoms with Gasteiger partial charge in [-0.2, -0.15) is 4.98 Å². The minimum Gasteiger partial charge on any atom is -0.423 e. The van der Waals surface area contributed by atoms with E-state index in [2.05, 4.69) is 11.9 Å². The second kappa shape index (κ2) is 23.2. The van der Waals surface area contributed by atoms with Crippen LogP contribution in [0.3, 0.4) is 0 Å². The molecule has 10 heteroatoms. The van der Waals surface area contributed by atoms with Crippen LogP contribution in [-0.4, -0.2) is 41.8 Å². The Morgan fingerprint density at radius 3 is 2.00 bits per heavy atom. The van der Waals surface area contributed by atoms with Crippen molar-refractivity contribution in [2.45, 2.75) is 123 Å². The van der Waals surface area contributed by atoms with Gasteiger partial charge in [-0.05, 0) is 38.0 Å². The summed E-state index contributed by atoms with van der Waals surface area (Å²) in [6.07, 6.45) is 20.2. The lowest BCUT2D eigenvalue weighted by molar-refractivity contribution is 0.0685. The summed E-state index contributed by atoms with van der Waals surface area (Å²) in [7, 11) is -3.61. The fourth-order valence-electron chi connectivity index (χ4n) is 4.73. The van der Waals surface area contributed by atoms with Crippen LogP contribution < -0.4 is 15.9 Å². The molecule has 0 saturated carbocycles. The van der Waals surface area contributed by atoms with Crippen molar-refractivity contribution in [2.75, 3.05) is 31.9 Å². The van der Waals surface area contributed by atoms with E-state index in [9.17, 15) is 9.36 Å². The van der Waals surface area contributed by atoms with Gasteiger partial charge in [0.1, 0.15) is 11.6 Å². The molecule has 0 fully saturated rings. The molecule has 2 N–H and O–H groups in total. The van der Waals surface area contributed by atoms with Crippen LogP contribution in [0.5, 0.6) is 5.75 Å². The fourth-order valence-corrected chi connectivity index (χ4v) is 6.19. The third kappa shape index (κ3) is 18.3. The number of nitrogens with two attached hydrogens (primary N) is 1. The summed E-state index contributed by atoms with van der Waals surface area (Å²) in [5, 5.41) is 0. The Morgan fingerprint density at radius 1 is 0.814 bits per heavy atom. The second-order valence-electron chi connectivity index (χ2n) is 11.3. The van der Waals surface area contributed by atoms with Gasteiger partial charge in [-0.25, -0.2) is 9.36 Å². The lowest BCUT2D eigenvalue weighted by atomic mass is 10.0. The summed E-state index contributed by atoms with van der Waals surface area (Å²) in [6.45, 7) is 5.77. The van der Waals surface area contributed by atoms with Gasteiger partial charge in [0.25, 0.3) is 0 Å². The van der Waals surface area contributed by atoms with Crippen LogP contribution in [0.2, 0.25) is 0 Å². The number of anilines is 1. The first kappa shape index (κ1) is 37.0. The van der Waals surface area contributed by atoms with Gasteiger partial charge < -0.3 is 19.7 Å². The van der Waals surface area contributed by atoms with Gasteiger partial charge in [-0.3, -0.25) is 9.09 Å². The molecule has 244 valence electrons. The molecule has 2 aromatic rings. The highest BCUT2D eigenvalue weighted by molar-refractivity contribution is 7.54. The first-order valence-electron chi connectivity index (χ1n) is 16.4. The van der Waals surface area contributed by atoms with E-state index < -0.39 is 19.4 Å². The zero-order valence-electron chi connectivity index (χ0n) is 26.6. The Labute approximate surface area is 259 Å². The highest BCUT2D eigenvalue weighted by Crippen LogP contribution is 2.48. The van der Waals surface area contributed by atoms with Gasteiger partial charge in [-0.15, -0.1) is 0 Å². The largest absolute Gasteiger partial charge is 0.423 e. The summed E-state index contributed by atoms with van der Waals surface area (Å²) in [4.78, 5) is 15.7. The molecule has 0 spiro atoms. The van der Waals surface area contributed by atoms with Crippen molar-refractivity contribution >= 4 is 13.4 Å². The standard InChI is InChI=1S/C33H56N3O6P/c1-3-4-5-6-7-8-9-10-11-12-13-14-15-19-25-39-26-20-27-41-43(38,42-31-21-17-16-18-22-31)29-40-30(2)28-36-24-23-32(34)35-33(36)37/h16-18,21-24,30H,3-15,19-20,25-29H2,1-2H3,(H2,34,35,37). The molecule has 9 nitrogen and oxygen atoms in total. The van der Waals surface area contributed by atoms with Crippen molar-refractivity contribution < 1.29 is 23.1 Å². The molecule has 0 aliphatic heterocycles. The first-order valence-corrected chi connectivity index (χ1v) is 18.1. The van der Waals surface area contributed by atoms with Crippen LogP contribution in [0.4, 0.5) is 5.82 Å². The van der Waals surface area contributed by atoms with Gasteiger partial charge in [0.05, 0.1) is 19.3 Å². The summed E-state index contributed by atoms with van der Waals surface area (Å²) < 4.78 is 38.0. The molecule has 2 unspecified atom stereocenters. The first-order chi connectivity index (χ1) is 20.9. The number of aromatic nitrogens is 2. The van der Waals surface area contributed by atoms with Crippen LogP contribution in [0.1, 0.15) is 110 Å². The van der Waals surface area contributed by atoms with Crippen LogP contribution in [0.25, 0.3) is 0 Å². The average molecular weight is 622 g/mol. The molecule has 1 aromatic carbocycles. The van der Waals surface area contributed by atoms with E-state index in [1.165, 1.54) is 88.0 Å². The zero-order chi connectivity index (χ0) is 31.0. The van der Waals surface area contributed by atoms with Gasteiger partial charge >= 0.3 is 13.3 Å². The molecular weight excluding hydrogens is 565 g/mol. The topological polar surface area (TPSA) is 115 Å². The fraction of sp³-hybridized carbons (Fsp3) is 0.697. The second-order valence-corrected chi connectivity index (χ2v) is 13.2. The molecule has 2 atom stereocenters. The molecule has 1 aromatic heterocycles. The van der Waals surface area contributed by atoms with Crippen molar-refractivity contribution in [3.63, 3.8) is 0 Å². The van der Waals surface area contributed by atoms with Gasteiger partial charge in [0, 0.05) is 19.4 Å². The molecular formula is C33H56N3O6P. The van der Waals surface area contributed by atoms with Gasteiger partial charge in [0.15, 0.2) is 6.35 Å². The highest BCUT2D eigenvalue weighted by Gasteiger charge is 2.28. The Morgan fingerprint density at radius 2 is 1.40 bits per heavy atom. The summed E-state index contributed by atoms with van der Waals surface area (Å²) in [5.74, 6) is 0.600. The SMILES string of the molecule is CCCCCCCCCCCCCCCCOCCCOP(=O)(COC(C)Cn1ccc(N)nc1=O)Oc1ccccc1. The lowest BCUT2D eigenvalue weighted by Gasteiger charge is -2.22. The van der Waals surface area contributed by atoms with Gasteiger partial charge in [-0.1, -0.05) is 109 Å². The van der Waals surface area contributed by atoms with Crippen molar-refractivity contribution in [2.24, 2.45) is 0 Å². The normalized spacial score (nSPS) is 13.5. The third-order valence-corrected chi connectivity index (χ3v) is 8.75. The minimum atomic E-state index is -3.61. The van der Waals surface area contributed by atoms with Crippen molar-refractivity contribution in [1.82, 2.24) is 9.55 Å². The maximum absolute atomic E-state index is 13.5. The number of nitrogen functional groups attached to an aromatic ring is 1. The van der Waals surface area contributed by atoms with E-state index in [1.54, 1.807) is 43.5 Å². The van der Waals surface area contributed by atoms with Crippen LogP contribution in [0, 0.1) is 0 Å². The Hall–Kier alpha value is -2.19.